The number of ether oxygens (including phenoxy) is 1. The summed E-state index contributed by atoms with van der Waals surface area (Å²) in [6.45, 7) is -0.545. The van der Waals surface area contributed by atoms with E-state index in [1.54, 1.807) is 11.4 Å². The van der Waals surface area contributed by atoms with Gasteiger partial charge < -0.3 is 10.1 Å². The van der Waals surface area contributed by atoms with Crippen molar-refractivity contribution >= 4 is 34.6 Å². The van der Waals surface area contributed by atoms with E-state index in [9.17, 15) is 19.7 Å². The highest BCUT2D eigenvalue weighted by molar-refractivity contribution is 7.12. The third-order valence-corrected chi connectivity index (χ3v) is 4.54. The van der Waals surface area contributed by atoms with Crippen LogP contribution in [-0.4, -0.2) is 23.4 Å². The van der Waals surface area contributed by atoms with Crippen LogP contribution in [0.15, 0.2) is 66.0 Å². The summed E-state index contributed by atoms with van der Waals surface area (Å²) in [6, 6.07) is 16.9. The van der Waals surface area contributed by atoms with Gasteiger partial charge in [-0.2, -0.15) is 0 Å². The molecule has 0 aliphatic carbocycles. The van der Waals surface area contributed by atoms with Crippen molar-refractivity contribution < 1.29 is 19.2 Å². The predicted molar refractivity (Wildman–Crippen MR) is 102 cm³/mol. The number of benzene rings is 2. The number of nitrogens with one attached hydrogen (secondary N) is 1. The van der Waals surface area contributed by atoms with Crippen molar-refractivity contribution in [1.29, 1.82) is 0 Å². The molecule has 0 aliphatic rings. The van der Waals surface area contributed by atoms with Crippen molar-refractivity contribution in [1.82, 2.24) is 0 Å². The zero-order valence-electron chi connectivity index (χ0n) is 14.0. The Kier molecular flexibility index (Phi) is 5.58. The maximum atomic E-state index is 12.3. The second-order valence-corrected chi connectivity index (χ2v) is 6.34. The van der Waals surface area contributed by atoms with Gasteiger partial charge in [0, 0.05) is 11.6 Å². The molecule has 0 spiro atoms. The van der Waals surface area contributed by atoms with Crippen LogP contribution in [0.4, 0.5) is 11.4 Å². The van der Waals surface area contributed by atoms with Crippen molar-refractivity contribution in [3.05, 3.63) is 81.0 Å². The molecule has 3 rings (SSSR count). The SMILES string of the molecule is O=C(COC(=O)c1sccc1-c1ccccc1)Nc1ccccc1[N+](=O)[O-]. The van der Waals surface area contributed by atoms with E-state index in [1.807, 2.05) is 36.4 Å². The van der Waals surface area contributed by atoms with Gasteiger partial charge in [0.1, 0.15) is 10.6 Å². The van der Waals surface area contributed by atoms with Gasteiger partial charge in [-0.05, 0) is 23.1 Å². The fourth-order valence-electron chi connectivity index (χ4n) is 2.43. The minimum atomic E-state index is -0.657. The highest BCUT2D eigenvalue weighted by Crippen LogP contribution is 2.29. The summed E-state index contributed by atoms with van der Waals surface area (Å²) >= 11 is 1.22. The van der Waals surface area contributed by atoms with Crippen LogP contribution in [0, 0.1) is 10.1 Å². The lowest BCUT2D eigenvalue weighted by atomic mass is 10.1. The summed E-state index contributed by atoms with van der Waals surface area (Å²) in [4.78, 5) is 35.1. The molecule has 0 bridgehead atoms. The molecule has 8 heteroatoms. The molecule has 1 heterocycles. The number of carbonyl (C=O) groups is 2. The Morgan fingerprint density at radius 2 is 1.74 bits per heavy atom. The Bertz CT molecular complexity index is 985. The second kappa shape index (κ2) is 8.24. The van der Waals surface area contributed by atoms with Crippen molar-refractivity contribution in [2.24, 2.45) is 0 Å². The van der Waals surface area contributed by atoms with E-state index in [1.165, 1.54) is 29.5 Å². The lowest BCUT2D eigenvalue weighted by Crippen LogP contribution is -2.21. The summed E-state index contributed by atoms with van der Waals surface area (Å²) in [5.74, 6) is -1.28. The van der Waals surface area contributed by atoms with Crippen LogP contribution in [0.5, 0.6) is 0 Å². The molecule has 0 radical (unpaired) electrons. The number of hydrogen-bond donors (Lipinski definition) is 1. The molecular weight excluding hydrogens is 368 g/mol. The minimum Gasteiger partial charge on any atom is -0.451 e. The fraction of sp³-hybridized carbons (Fsp3) is 0.0526. The van der Waals surface area contributed by atoms with Gasteiger partial charge in [0.15, 0.2) is 6.61 Å². The molecule has 1 N–H and O–H groups in total. The fourth-order valence-corrected chi connectivity index (χ4v) is 3.24. The quantitative estimate of drug-likeness (QED) is 0.393. The van der Waals surface area contributed by atoms with E-state index in [4.69, 9.17) is 4.74 Å². The summed E-state index contributed by atoms with van der Waals surface area (Å²) in [7, 11) is 0. The number of para-hydroxylation sites is 2. The van der Waals surface area contributed by atoms with Gasteiger partial charge in [-0.15, -0.1) is 11.3 Å². The number of esters is 1. The van der Waals surface area contributed by atoms with E-state index in [0.717, 1.165) is 11.1 Å². The first-order valence-corrected chi connectivity index (χ1v) is 8.77. The Morgan fingerprint density at radius 1 is 1.04 bits per heavy atom. The van der Waals surface area contributed by atoms with Gasteiger partial charge in [-0.3, -0.25) is 14.9 Å². The number of anilines is 1. The van der Waals surface area contributed by atoms with Crippen LogP contribution in [0.1, 0.15) is 9.67 Å². The number of carbonyl (C=O) groups excluding carboxylic acids is 2. The first-order chi connectivity index (χ1) is 13.1. The van der Waals surface area contributed by atoms with Gasteiger partial charge in [-0.25, -0.2) is 4.79 Å². The largest absolute Gasteiger partial charge is 0.451 e. The standard InChI is InChI=1S/C19H14N2O5S/c22-17(20-15-8-4-5-9-16(15)21(24)25)12-26-19(23)18-14(10-11-27-18)13-6-2-1-3-7-13/h1-11H,12H2,(H,20,22). The summed E-state index contributed by atoms with van der Waals surface area (Å²) in [6.07, 6.45) is 0. The molecule has 136 valence electrons. The Morgan fingerprint density at radius 3 is 2.48 bits per heavy atom. The molecule has 1 amide bonds. The van der Waals surface area contributed by atoms with E-state index in [0.29, 0.717) is 4.88 Å². The van der Waals surface area contributed by atoms with Crippen LogP contribution in [0.3, 0.4) is 0 Å². The van der Waals surface area contributed by atoms with Crippen LogP contribution in [-0.2, 0) is 9.53 Å². The number of thiophene rings is 1. The van der Waals surface area contributed by atoms with Crippen molar-refractivity contribution in [3.63, 3.8) is 0 Å². The van der Waals surface area contributed by atoms with Gasteiger partial charge >= 0.3 is 5.97 Å². The summed E-state index contributed by atoms with van der Waals surface area (Å²) < 4.78 is 5.07. The number of amides is 1. The van der Waals surface area contributed by atoms with Crippen molar-refractivity contribution in [3.8, 4) is 11.1 Å². The summed E-state index contributed by atoms with van der Waals surface area (Å²) in [5.41, 5.74) is 1.41. The maximum absolute atomic E-state index is 12.3. The van der Waals surface area contributed by atoms with E-state index >= 15 is 0 Å². The molecule has 1 aromatic heterocycles. The third-order valence-electron chi connectivity index (χ3n) is 3.64. The number of hydrogen-bond acceptors (Lipinski definition) is 6. The zero-order valence-corrected chi connectivity index (χ0v) is 14.8. The van der Waals surface area contributed by atoms with E-state index in [-0.39, 0.29) is 11.4 Å². The molecule has 7 nitrogen and oxygen atoms in total. The topological polar surface area (TPSA) is 98.5 Å². The average molecular weight is 382 g/mol. The smallest absolute Gasteiger partial charge is 0.349 e. The Hall–Kier alpha value is -3.52. The maximum Gasteiger partial charge on any atom is 0.349 e. The van der Waals surface area contributed by atoms with E-state index < -0.39 is 23.4 Å². The number of nitro groups is 1. The van der Waals surface area contributed by atoms with Crippen molar-refractivity contribution in [2.45, 2.75) is 0 Å². The molecule has 0 saturated heterocycles. The van der Waals surface area contributed by atoms with Crippen LogP contribution in [0.2, 0.25) is 0 Å². The highest BCUT2D eigenvalue weighted by atomic mass is 32.1. The molecule has 0 aliphatic heterocycles. The molecule has 0 saturated carbocycles. The van der Waals surface area contributed by atoms with E-state index in [2.05, 4.69) is 5.32 Å². The van der Waals surface area contributed by atoms with Gasteiger partial charge in [-0.1, -0.05) is 42.5 Å². The minimum absolute atomic E-state index is 0.0460. The summed E-state index contributed by atoms with van der Waals surface area (Å²) in [5, 5.41) is 15.1. The molecule has 2 aromatic carbocycles. The molecular formula is C19H14N2O5S. The molecule has 0 fully saturated rings. The monoisotopic (exact) mass is 382 g/mol. The lowest BCUT2D eigenvalue weighted by molar-refractivity contribution is -0.383. The Balaban J connectivity index is 1.65. The number of nitrogens with zero attached hydrogens (tertiary/aromatic N) is 1. The number of rotatable bonds is 6. The second-order valence-electron chi connectivity index (χ2n) is 5.43. The molecule has 27 heavy (non-hydrogen) atoms. The van der Waals surface area contributed by atoms with Crippen LogP contribution >= 0.6 is 11.3 Å². The van der Waals surface area contributed by atoms with Gasteiger partial charge in [0.05, 0.1) is 4.92 Å². The lowest BCUT2D eigenvalue weighted by Gasteiger charge is -2.07. The first kappa shape index (κ1) is 18.3. The zero-order chi connectivity index (χ0) is 19.2. The Labute approximate surface area is 158 Å². The first-order valence-electron chi connectivity index (χ1n) is 7.89. The molecule has 3 aromatic rings. The highest BCUT2D eigenvalue weighted by Gasteiger charge is 2.19. The average Bonchev–Trinajstić information content (AvgIpc) is 3.17. The van der Waals surface area contributed by atoms with Crippen LogP contribution < -0.4 is 5.32 Å². The van der Waals surface area contributed by atoms with Gasteiger partial charge in [0.2, 0.25) is 0 Å². The van der Waals surface area contributed by atoms with Gasteiger partial charge in [0.25, 0.3) is 11.6 Å². The normalized spacial score (nSPS) is 10.2. The number of nitro benzene ring substituents is 1. The predicted octanol–water partition coefficient (Wildman–Crippen LogP) is 4.12. The molecule has 0 atom stereocenters. The van der Waals surface area contributed by atoms with Crippen molar-refractivity contribution in [2.75, 3.05) is 11.9 Å². The van der Waals surface area contributed by atoms with Crippen LogP contribution in [0.25, 0.3) is 11.1 Å². The third kappa shape index (κ3) is 4.36. The molecule has 0 unspecified atom stereocenters.